The third-order valence-corrected chi connectivity index (χ3v) is 11.4. The molecule has 232 valence electrons. The van der Waals surface area contributed by atoms with Crippen molar-refractivity contribution in [1.82, 2.24) is 14.5 Å². The van der Waals surface area contributed by atoms with Crippen LogP contribution in [0.3, 0.4) is 0 Å². The maximum absolute atomic E-state index is 6.59. The Bertz CT molecular complexity index is 3400. The van der Waals surface area contributed by atoms with E-state index in [4.69, 9.17) is 18.8 Å². The van der Waals surface area contributed by atoms with Gasteiger partial charge in [-0.2, -0.15) is 4.98 Å². The first-order valence-electron chi connectivity index (χ1n) is 16.7. The number of para-hydroxylation sites is 4. The fraction of sp³-hybridized carbons (Fsp3) is 0. The van der Waals surface area contributed by atoms with E-state index in [0.29, 0.717) is 11.7 Å². The van der Waals surface area contributed by atoms with Crippen LogP contribution in [0.1, 0.15) is 0 Å². The fourth-order valence-corrected chi connectivity index (χ4v) is 9.41. The molecule has 0 spiro atoms. The topological polar surface area (TPSA) is 57.0 Å². The largest absolute Gasteiger partial charge is 0.455 e. The summed E-state index contributed by atoms with van der Waals surface area (Å²) in [6, 6.07) is 48.7. The van der Waals surface area contributed by atoms with Gasteiger partial charge in [0.1, 0.15) is 16.7 Å². The van der Waals surface area contributed by atoms with Crippen molar-refractivity contribution in [1.29, 1.82) is 0 Å². The lowest BCUT2D eigenvalue weighted by Crippen LogP contribution is -2.03. The van der Waals surface area contributed by atoms with Crippen molar-refractivity contribution in [3.63, 3.8) is 0 Å². The number of furan rings is 2. The van der Waals surface area contributed by atoms with Crippen molar-refractivity contribution >= 4 is 108 Å². The summed E-state index contributed by atoms with van der Waals surface area (Å²) < 4.78 is 17.9. The van der Waals surface area contributed by atoms with Crippen LogP contribution in [0.4, 0.5) is 0 Å². The van der Waals surface area contributed by atoms with E-state index in [-0.39, 0.29) is 0 Å². The standard InChI is InChI=1S/C44H23N3O2S/c1-2-14-27-25(13-1)36-28-15-3-7-20-32(28)47(40(36)38-30-17-6-10-23-35(30)50-42(27)38)44-45-39(37-29-16-5-9-22-34(29)49-43(37)46-44)31-19-11-18-26-24-12-4-8-21-33(24)48-41(26)31/h1-23H. The Hall–Kier alpha value is -6.50. The van der Waals surface area contributed by atoms with Gasteiger partial charge in [-0.15, -0.1) is 11.3 Å². The summed E-state index contributed by atoms with van der Waals surface area (Å²) in [5, 5.41) is 11.2. The second-order valence-corrected chi connectivity index (χ2v) is 13.9. The Balaban J connectivity index is 1.31. The van der Waals surface area contributed by atoms with E-state index in [1.54, 1.807) is 0 Å². The molecule has 0 unspecified atom stereocenters. The Kier molecular flexibility index (Phi) is 5.06. The molecule has 0 fully saturated rings. The number of benzene rings is 7. The lowest BCUT2D eigenvalue weighted by atomic mass is 10.00. The number of aromatic nitrogens is 3. The van der Waals surface area contributed by atoms with Crippen molar-refractivity contribution < 1.29 is 8.83 Å². The van der Waals surface area contributed by atoms with Crippen LogP contribution in [0.25, 0.3) is 114 Å². The molecule has 0 aliphatic rings. The number of nitrogens with zero attached hydrogens (tertiary/aromatic N) is 3. The molecule has 12 aromatic rings. The second-order valence-electron chi connectivity index (χ2n) is 12.9. The summed E-state index contributed by atoms with van der Waals surface area (Å²) in [5.74, 6) is 0.553. The summed E-state index contributed by atoms with van der Waals surface area (Å²) in [5.41, 5.74) is 6.76. The number of fused-ring (bicyclic) bond motifs is 16. The van der Waals surface area contributed by atoms with Gasteiger partial charge in [0.15, 0.2) is 0 Å². The minimum atomic E-state index is 0.539. The van der Waals surface area contributed by atoms with Gasteiger partial charge in [-0.3, -0.25) is 4.57 Å². The van der Waals surface area contributed by atoms with E-state index in [1.807, 2.05) is 41.7 Å². The summed E-state index contributed by atoms with van der Waals surface area (Å²) in [6.45, 7) is 0. The van der Waals surface area contributed by atoms with Crippen LogP contribution in [0.15, 0.2) is 148 Å². The lowest BCUT2D eigenvalue weighted by Gasteiger charge is -2.11. The van der Waals surface area contributed by atoms with E-state index in [2.05, 4.69) is 114 Å². The molecule has 5 aromatic heterocycles. The summed E-state index contributed by atoms with van der Waals surface area (Å²) in [7, 11) is 0. The maximum Gasteiger partial charge on any atom is 0.238 e. The van der Waals surface area contributed by atoms with Crippen molar-refractivity contribution in [3.05, 3.63) is 140 Å². The van der Waals surface area contributed by atoms with Crippen molar-refractivity contribution in [2.24, 2.45) is 0 Å². The third-order valence-electron chi connectivity index (χ3n) is 10.2. The molecular weight excluding hydrogens is 635 g/mol. The normalized spacial score (nSPS) is 12.4. The molecule has 5 nitrogen and oxygen atoms in total. The van der Waals surface area contributed by atoms with Gasteiger partial charge >= 0.3 is 0 Å². The van der Waals surface area contributed by atoms with E-state index in [0.717, 1.165) is 66.0 Å². The zero-order valence-electron chi connectivity index (χ0n) is 26.3. The molecule has 50 heavy (non-hydrogen) atoms. The second kappa shape index (κ2) is 9.56. The van der Waals surface area contributed by atoms with Gasteiger partial charge in [0.05, 0.1) is 22.1 Å². The van der Waals surface area contributed by atoms with Gasteiger partial charge in [0, 0.05) is 58.1 Å². The van der Waals surface area contributed by atoms with Crippen LogP contribution in [0.5, 0.6) is 0 Å². The van der Waals surface area contributed by atoms with Crippen LogP contribution in [0.2, 0.25) is 0 Å². The molecule has 7 aromatic carbocycles. The first-order chi connectivity index (χ1) is 24.8. The van der Waals surface area contributed by atoms with Gasteiger partial charge in [0.2, 0.25) is 11.7 Å². The molecule has 6 heteroatoms. The van der Waals surface area contributed by atoms with Crippen molar-refractivity contribution in [3.8, 4) is 17.2 Å². The summed E-state index contributed by atoms with van der Waals surface area (Å²) in [6.07, 6.45) is 0. The Morgan fingerprint density at radius 3 is 2.00 bits per heavy atom. The molecule has 0 aliphatic heterocycles. The lowest BCUT2D eigenvalue weighted by molar-refractivity contribution is 0.651. The number of rotatable bonds is 2. The van der Waals surface area contributed by atoms with Gasteiger partial charge < -0.3 is 8.83 Å². The molecule has 0 saturated heterocycles. The van der Waals surface area contributed by atoms with E-state index in [1.165, 1.54) is 36.3 Å². The quantitative estimate of drug-likeness (QED) is 0.186. The van der Waals surface area contributed by atoms with E-state index in [9.17, 15) is 0 Å². The number of hydrogen-bond acceptors (Lipinski definition) is 5. The molecule has 0 saturated carbocycles. The fourth-order valence-electron chi connectivity index (χ4n) is 8.17. The van der Waals surface area contributed by atoms with Gasteiger partial charge in [-0.1, -0.05) is 109 Å². The van der Waals surface area contributed by atoms with Crippen LogP contribution in [0, 0.1) is 0 Å². The average molecular weight is 658 g/mol. The minimum Gasteiger partial charge on any atom is -0.455 e. The highest BCUT2D eigenvalue weighted by Crippen LogP contribution is 2.48. The Morgan fingerprint density at radius 1 is 0.480 bits per heavy atom. The number of thiophene rings is 1. The smallest absolute Gasteiger partial charge is 0.238 e. The Labute approximate surface area is 287 Å². The third kappa shape index (κ3) is 3.35. The van der Waals surface area contributed by atoms with Crippen molar-refractivity contribution in [2.45, 2.75) is 0 Å². The van der Waals surface area contributed by atoms with E-state index < -0.39 is 0 Å². The molecular formula is C44H23N3O2S. The molecule has 0 N–H and O–H groups in total. The van der Waals surface area contributed by atoms with Gasteiger partial charge in [0.25, 0.3) is 0 Å². The van der Waals surface area contributed by atoms with Crippen LogP contribution >= 0.6 is 11.3 Å². The van der Waals surface area contributed by atoms with E-state index >= 15 is 0 Å². The average Bonchev–Trinajstić information content (AvgIpc) is 3.93. The van der Waals surface area contributed by atoms with Gasteiger partial charge in [-0.05, 0) is 35.7 Å². The predicted molar refractivity (Wildman–Crippen MR) is 207 cm³/mol. The molecule has 12 rings (SSSR count). The maximum atomic E-state index is 6.59. The zero-order chi connectivity index (χ0) is 32.5. The van der Waals surface area contributed by atoms with Gasteiger partial charge in [-0.25, -0.2) is 4.98 Å². The highest BCUT2D eigenvalue weighted by atomic mass is 32.1. The summed E-state index contributed by atoms with van der Waals surface area (Å²) in [4.78, 5) is 10.8. The first-order valence-corrected chi connectivity index (χ1v) is 17.5. The van der Waals surface area contributed by atoms with Crippen LogP contribution in [-0.4, -0.2) is 14.5 Å². The number of hydrogen-bond donors (Lipinski definition) is 0. The Morgan fingerprint density at radius 2 is 1.14 bits per heavy atom. The monoisotopic (exact) mass is 657 g/mol. The predicted octanol–water partition coefficient (Wildman–Crippen LogP) is 12.6. The SMILES string of the molecule is c1ccc2c(c1)oc1c(-c3nc(-n4c5ccccc5c5c6ccccc6c6sc7ccccc7c6c54)nc4oc5ccccc5c34)cccc12. The van der Waals surface area contributed by atoms with Crippen LogP contribution < -0.4 is 0 Å². The molecule has 0 radical (unpaired) electrons. The summed E-state index contributed by atoms with van der Waals surface area (Å²) >= 11 is 1.84. The minimum absolute atomic E-state index is 0.539. The molecule has 5 heterocycles. The van der Waals surface area contributed by atoms with Crippen molar-refractivity contribution in [2.75, 3.05) is 0 Å². The van der Waals surface area contributed by atoms with Crippen LogP contribution in [-0.2, 0) is 0 Å². The first kappa shape index (κ1) is 26.5. The molecule has 0 aliphatic carbocycles. The molecule has 0 amide bonds. The molecule has 0 bridgehead atoms. The zero-order valence-corrected chi connectivity index (χ0v) is 27.2. The highest BCUT2D eigenvalue weighted by Gasteiger charge is 2.26. The highest BCUT2D eigenvalue weighted by molar-refractivity contribution is 7.27. The molecule has 0 atom stereocenters.